The van der Waals surface area contributed by atoms with Crippen LogP contribution >= 0.6 is 15.9 Å². The molecule has 1 fully saturated rings. The zero-order chi connectivity index (χ0) is 21.5. The van der Waals surface area contributed by atoms with Crippen LogP contribution in [0.4, 0.5) is 0 Å². The molecule has 0 atom stereocenters. The van der Waals surface area contributed by atoms with Gasteiger partial charge in [0.2, 0.25) is 17.6 Å². The Hall–Kier alpha value is -2.73. The maximum Gasteiger partial charge on any atom is 0.246 e. The van der Waals surface area contributed by atoms with Gasteiger partial charge in [-0.25, -0.2) is 0 Å². The summed E-state index contributed by atoms with van der Waals surface area (Å²) in [7, 11) is 0. The first-order chi connectivity index (χ1) is 15.2. The number of halogens is 1. The van der Waals surface area contributed by atoms with Crippen LogP contribution in [0, 0.1) is 0 Å². The number of rotatable bonds is 7. The molecule has 1 amide bonds. The standard InChI is InChI=1S/C25H26BrN3O2/c26-21-14-12-20(13-15-21)25-27-23(31-28-25)17-18-29(22-9-5-2-6-10-22)24(30)16-11-19-7-3-1-4-8-19/h1,3-4,7-8,11-16,22H,2,5-6,9-10,17-18H2/b16-11+. The van der Waals surface area contributed by atoms with Crippen LogP contribution in [-0.4, -0.2) is 33.5 Å². The Balaban J connectivity index is 1.44. The number of amides is 1. The van der Waals surface area contributed by atoms with Gasteiger partial charge in [-0.1, -0.05) is 70.7 Å². The second-order valence-electron chi connectivity index (χ2n) is 7.84. The van der Waals surface area contributed by atoms with Crippen molar-refractivity contribution in [3.8, 4) is 11.4 Å². The monoisotopic (exact) mass is 479 g/mol. The Morgan fingerprint density at radius 3 is 2.55 bits per heavy atom. The quantitative estimate of drug-likeness (QED) is 0.394. The van der Waals surface area contributed by atoms with Crippen LogP contribution in [0.2, 0.25) is 0 Å². The molecule has 4 rings (SSSR count). The number of carbonyl (C=O) groups excluding carboxylic acids is 1. The fourth-order valence-electron chi connectivity index (χ4n) is 3.98. The van der Waals surface area contributed by atoms with Crippen molar-refractivity contribution in [2.24, 2.45) is 0 Å². The molecule has 160 valence electrons. The molecule has 0 unspecified atom stereocenters. The summed E-state index contributed by atoms with van der Waals surface area (Å²) in [5.74, 6) is 1.17. The fourth-order valence-corrected chi connectivity index (χ4v) is 4.25. The molecule has 2 aromatic carbocycles. The minimum absolute atomic E-state index is 0.0448. The third-order valence-corrected chi connectivity index (χ3v) is 6.18. The molecule has 1 aromatic heterocycles. The maximum absolute atomic E-state index is 13.1. The second-order valence-corrected chi connectivity index (χ2v) is 8.75. The Morgan fingerprint density at radius 2 is 1.81 bits per heavy atom. The first-order valence-corrected chi connectivity index (χ1v) is 11.6. The van der Waals surface area contributed by atoms with Crippen molar-refractivity contribution >= 4 is 27.9 Å². The summed E-state index contributed by atoms with van der Waals surface area (Å²) in [5.41, 5.74) is 1.93. The lowest BCUT2D eigenvalue weighted by molar-refractivity contribution is -0.128. The molecule has 1 heterocycles. The first kappa shape index (κ1) is 21.5. The van der Waals surface area contributed by atoms with Gasteiger partial charge in [0.15, 0.2) is 0 Å². The van der Waals surface area contributed by atoms with E-state index < -0.39 is 0 Å². The zero-order valence-electron chi connectivity index (χ0n) is 17.4. The van der Waals surface area contributed by atoms with Crippen LogP contribution in [0.15, 0.2) is 69.7 Å². The lowest BCUT2D eigenvalue weighted by Gasteiger charge is -2.33. The Labute approximate surface area is 191 Å². The predicted molar refractivity (Wildman–Crippen MR) is 125 cm³/mol. The molecule has 1 saturated carbocycles. The minimum Gasteiger partial charge on any atom is -0.339 e. The average Bonchev–Trinajstić information content (AvgIpc) is 3.29. The van der Waals surface area contributed by atoms with E-state index in [1.54, 1.807) is 6.08 Å². The molecule has 6 heteroatoms. The summed E-state index contributed by atoms with van der Waals surface area (Å²) in [6, 6.07) is 18.0. The highest BCUT2D eigenvalue weighted by molar-refractivity contribution is 9.10. The van der Waals surface area contributed by atoms with E-state index in [0.29, 0.717) is 24.7 Å². The van der Waals surface area contributed by atoms with Crippen molar-refractivity contribution < 1.29 is 9.32 Å². The molecule has 31 heavy (non-hydrogen) atoms. The van der Waals surface area contributed by atoms with E-state index in [2.05, 4.69) is 26.1 Å². The molecular formula is C25H26BrN3O2. The van der Waals surface area contributed by atoms with Gasteiger partial charge in [-0.3, -0.25) is 4.79 Å². The van der Waals surface area contributed by atoms with Crippen molar-refractivity contribution in [2.75, 3.05) is 6.54 Å². The van der Waals surface area contributed by atoms with Gasteiger partial charge in [-0.15, -0.1) is 0 Å². The molecule has 5 nitrogen and oxygen atoms in total. The molecule has 1 aliphatic rings. The topological polar surface area (TPSA) is 59.2 Å². The molecule has 0 spiro atoms. The SMILES string of the molecule is O=C(/C=C/c1ccccc1)N(CCc1nc(-c2ccc(Br)cc2)no1)C1CCCCC1. The first-order valence-electron chi connectivity index (χ1n) is 10.8. The normalized spacial score (nSPS) is 14.7. The average molecular weight is 480 g/mol. The molecule has 0 aliphatic heterocycles. The van der Waals surface area contributed by atoms with Gasteiger partial charge in [0.05, 0.1) is 0 Å². The third-order valence-electron chi connectivity index (χ3n) is 5.65. The Bertz CT molecular complexity index is 1010. The lowest BCUT2D eigenvalue weighted by Crippen LogP contribution is -2.41. The lowest BCUT2D eigenvalue weighted by atomic mass is 9.94. The van der Waals surface area contributed by atoms with E-state index in [4.69, 9.17) is 4.52 Å². The molecule has 0 bridgehead atoms. The van der Waals surface area contributed by atoms with Crippen LogP contribution in [0.5, 0.6) is 0 Å². The summed E-state index contributed by atoms with van der Waals surface area (Å²) in [6.45, 7) is 0.574. The van der Waals surface area contributed by atoms with Crippen LogP contribution in [0.1, 0.15) is 43.6 Å². The molecule has 0 saturated heterocycles. The van der Waals surface area contributed by atoms with E-state index in [-0.39, 0.29) is 11.9 Å². The summed E-state index contributed by atoms with van der Waals surface area (Å²) in [4.78, 5) is 19.6. The van der Waals surface area contributed by atoms with E-state index in [1.807, 2.05) is 65.6 Å². The summed E-state index contributed by atoms with van der Waals surface area (Å²) >= 11 is 3.44. The Morgan fingerprint density at radius 1 is 1.06 bits per heavy atom. The van der Waals surface area contributed by atoms with Crippen molar-refractivity contribution in [2.45, 2.75) is 44.6 Å². The molecule has 0 radical (unpaired) electrons. The highest BCUT2D eigenvalue weighted by Gasteiger charge is 2.24. The van der Waals surface area contributed by atoms with Gasteiger partial charge in [0.1, 0.15) is 0 Å². The highest BCUT2D eigenvalue weighted by Crippen LogP contribution is 2.24. The highest BCUT2D eigenvalue weighted by atomic mass is 79.9. The van der Waals surface area contributed by atoms with Crippen LogP contribution in [0.25, 0.3) is 17.5 Å². The van der Waals surface area contributed by atoms with Gasteiger partial charge < -0.3 is 9.42 Å². The number of hydrogen-bond acceptors (Lipinski definition) is 4. The van der Waals surface area contributed by atoms with Gasteiger partial charge in [0, 0.05) is 35.1 Å². The van der Waals surface area contributed by atoms with E-state index in [0.717, 1.165) is 28.4 Å². The van der Waals surface area contributed by atoms with Gasteiger partial charge >= 0.3 is 0 Å². The van der Waals surface area contributed by atoms with Gasteiger partial charge in [-0.05, 0) is 48.7 Å². The van der Waals surface area contributed by atoms with Gasteiger partial charge in [0.25, 0.3) is 0 Å². The van der Waals surface area contributed by atoms with Crippen molar-refractivity contribution in [3.63, 3.8) is 0 Å². The zero-order valence-corrected chi connectivity index (χ0v) is 19.0. The fraction of sp³-hybridized carbons (Fsp3) is 0.320. The van der Waals surface area contributed by atoms with E-state index >= 15 is 0 Å². The number of hydrogen-bond donors (Lipinski definition) is 0. The van der Waals surface area contributed by atoms with Crippen molar-refractivity contribution in [3.05, 3.63) is 76.6 Å². The van der Waals surface area contributed by atoms with Crippen LogP contribution in [0.3, 0.4) is 0 Å². The van der Waals surface area contributed by atoms with E-state index in [1.165, 1.54) is 19.3 Å². The minimum atomic E-state index is 0.0448. The summed E-state index contributed by atoms with van der Waals surface area (Å²) < 4.78 is 6.47. The number of nitrogens with zero attached hydrogens (tertiary/aromatic N) is 3. The predicted octanol–water partition coefficient (Wildman–Crippen LogP) is 5.92. The van der Waals surface area contributed by atoms with E-state index in [9.17, 15) is 4.79 Å². The molecule has 0 N–H and O–H groups in total. The smallest absolute Gasteiger partial charge is 0.246 e. The van der Waals surface area contributed by atoms with Crippen molar-refractivity contribution in [1.29, 1.82) is 0 Å². The molecule has 1 aliphatic carbocycles. The van der Waals surface area contributed by atoms with Crippen LogP contribution < -0.4 is 0 Å². The third kappa shape index (κ3) is 5.91. The molecular weight excluding hydrogens is 454 g/mol. The second kappa shape index (κ2) is 10.5. The summed E-state index contributed by atoms with van der Waals surface area (Å²) in [6.07, 6.45) is 9.82. The van der Waals surface area contributed by atoms with Crippen LogP contribution in [-0.2, 0) is 11.2 Å². The Kier molecular flexibility index (Phi) is 7.30. The molecule has 3 aromatic rings. The van der Waals surface area contributed by atoms with Crippen molar-refractivity contribution in [1.82, 2.24) is 15.0 Å². The number of aromatic nitrogens is 2. The maximum atomic E-state index is 13.1. The number of carbonyl (C=O) groups is 1. The summed E-state index contributed by atoms with van der Waals surface area (Å²) in [5, 5.41) is 4.11. The van der Waals surface area contributed by atoms with Gasteiger partial charge in [-0.2, -0.15) is 4.98 Å². The number of benzene rings is 2. The largest absolute Gasteiger partial charge is 0.339 e.